The summed E-state index contributed by atoms with van der Waals surface area (Å²) in [5.41, 5.74) is 2.15. The number of hydrogen-bond acceptors (Lipinski definition) is 1. The van der Waals surface area contributed by atoms with Crippen molar-refractivity contribution in [2.24, 2.45) is 0 Å². The molecule has 0 unspecified atom stereocenters. The molecular weight excluding hydrogens is 324 g/mol. The molecule has 0 spiro atoms. The Morgan fingerprint density at radius 3 is 2.47 bits per heavy atom. The van der Waals surface area contributed by atoms with Crippen LogP contribution in [0.4, 0.5) is 0 Å². The molecule has 98 valence electrons. The second-order valence-corrected chi connectivity index (χ2v) is 5.90. The van der Waals surface area contributed by atoms with Crippen molar-refractivity contribution in [3.8, 4) is 0 Å². The van der Waals surface area contributed by atoms with Crippen molar-refractivity contribution in [1.82, 2.24) is 0 Å². The van der Waals surface area contributed by atoms with E-state index < -0.39 is 0 Å². The molecule has 0 aliphatic rings. The lowest BCUT2D eigenvalue weighted by molar-refractivity contribution is -0.118. The zero-order chi connectivity index (χ0) is 13.8. The van der Waals surface area contributed by atoms with Gasteiger partial charge in [0.25, 0.3) is 0 Å². The summed E-state index contributed by atoms with van der Waals surface area (Å²) in [5, 5.41) is 0.714. The van der Waals surface area contributed by atoms with Gasteiger partial charge >= 0.3 is 0 Å². The van der Waals surface area contributed by atoms with Gasteiger partial charge in [-0.15, -0.1) is 0 Å². The smallest absolute Gasteiger partial charge is 0.137 e. The van der Waals surface area contributed by atoms with Gasteiger partial charge in [-0.2, -0.15) is 0 Å². The van der Waals surface area contributed by atoms with Crippen LogP contribution in [0, 0.1) is 0 Å². The molecule has 0 amide bonds. The molecule has 1 atom stereocenters. The number of benzene rings is 2. The Balaban J connectivity index is 2.26. The molecule has 0 fully saturated rings. The van der Waals surface area contributed by atoms with Crippen LogP contribution < -0.4 is 0 Å². The van der Waals surface area contributed by atoms with E-state index in [0.29, 0.717) is 11.4 Å². The van der Waals surface area contributed by atoms with Crippen molar-refractivity contribution >= 4 is 33.3 Å². The first-order chi connectivity index (χ1) is 9.06. The molecule has 0 aliphatic heterocycles. The van der Waals surface area contributed by atoms with Crippen LogP contribution in [0.5, 0.6) is 0 Å². The van der Waals surface area contributed by atoms with Gasteiger partial charge in [0.15, 0.2) is 0 Å². The molecule has 1 nitrogen and oxygen atoms in total. The summed E-state index contributed by atoms with van der Waals surface area (Å²) in [4.78, 5) is 11.9. The van der Waals surface area contributed by atoms with Gasteiger partial charge < -0.3 is 0 Å². The number of Topliss-reactive ketones (excluding diaryl/α,β-unsaturated/α-hetero) is 1. The summed E-state index contributed by atoms with van der Waals surface area (Å²) in [7, 11) is 0. The number of carbonyl (C=O) groups is 1. The molecule has 0 bridgehead atoms. The average Bonchev–Trinajstić information content (AvgIpc) is 2.37. The molecule has 2 aromatic carbocycles. The van der Waals surface area contributed by atoms with Gasteiger partial charge in [-0.1, -0.05) is 51.8 Å². The molecule has 2 rings (SSSR count). The highest BCUT2D eigenvalue weighted by Crippen LogP contribution is 2.25. The van der Waals surface area contributed by atoms with E-state index in [1.807, 2.05) is 48.5 Å². The van der Waals surface area contributed by atoms with Gasteiger partial charge in [-0.05, 0) is 48.7 Å². The quantitative estimate of drug-likeness (QED) is 0.766. The first-order valence-corrected chi connectivity index (χ1v) is 7.23. The highest BCUT2D eigenvalue weighted by Gasteiger charge is 2.17. The van der Waals surface area contributed by atoms with E-state index in [9.17, 15) is 4.79 Å². The number of ketones is 1. The second kappa shape index (κ2) is 6.36. The third kappa shape index (κ3) is 3.92. The standard InChI is InChI=1S/C16H14BrClO/c1-11(19)16(13-3-2-4-14(17)10-13)9-12-5-7-15(18)8-6-12/h2-8,10,16H,9H2,1H3/t16-/m1/s1. The fourth-order valence-corrected chi connectivity index (χ4v) is 2.62. The van der Waals surface area contributed by atoms with Gasteiger partial charge in [-0.25, -0.2) is 0 Å². The van der Waals surface area contributed by atoms with E-state index in [1.165, 1.54) is 0 Å². The van der Waals surface area contributed by atoms with Gasteiger partial charge in [0, 0.05) is 15.4 Å². The SMILES string of the molecule is CC(=O)[C@@H](Cc1ccc(Cl)cc1)c1cccc(Br)c1. The van der Waals surface area contributed by atoms with Crippen molar-refractivity contribution in [2.75, 3.05) is 0 Å². The van der Waals surface area contributed by atoms with E-state index in [4.69, 9.17) is 11.6 Å². The normalized spacial score (nSPS) is 12.2. The minimum absolute atomic E-state index is 0.112. The van der Waals surface area contributed by atoms with E-state index in [2.05, 4.69) is 15.9 Å². The Bertz CT molecular complexity index is 578. The minimum atomic E-state index is -0.112. The summed E-state index contributed by atoms with van der Waals surface area (Å²) in [5.74, 6) is 0.0618. The van der Waals surface area contributed by atoms with Crippen molar-refractivity contribution in [3.63, 3.8) is 0 Å². The Labute approximate surface area is 126 Å². The highest BCUT2D eigenvalue weighted by molar-refractivity contribution is 9.10. The van der Waals surface area contributed by atoms with Crippen LogP contribution in [-0.2, 0) is 11.2 Å². The molecular formula is C16H14BrClO. The van der Waals surface area contributed by atoms with Gasteiger partial charge in [-0.3, -0.25) is 4.79 Å². The summed E-state index contributed by atoms with van der Waals surface area (Å²) in [6, 6.07) is 15.6. The van der Waals surface area contributed by atoms with Crippen LogP contribution >= 0.6 is 27.5 Å². The summed E-state index contributed by atoms with van der Waals surface area (Å²) in [6.07, 6.45) is 0.697. The Kier molecular flexibility index (Phi) is 4.78. The van der Waals surface area contributed by atoms with Crippen LogP contribution in [0.2, 0.25) is 5.02 Å². The molecule has 19 heavy (non-hydrogen) atoms. The van der Waals surface area contributed by atoms with E-state index in [1.54, 1.807) is 6.92 Å². The maximum atomic E-state index is 11.9. The molecule has 0 saturated carbocycles. The lowest BCUT2D eigenvalue weighted by Gasteiger charge is -2.15. The van der Waals surface area contributed by atoms with Crippen molar-refractivity contribution < 1.29 is 4.79 Å². The first-order valence-electron chi connectivity index (χ1n) is 6.06. The third-order valence-corrected chi connectivity index (χ3v) is 3.84. The largest absolute Gasteiger partial charge is 0.299 e. The van der Waals surface area contributed by atoms with Gasteiger partial charge in [0.2, 0.25) is 0 Å². The van der Waals surface area contributed by atoms with E-state index in [-0.39, 0.29) is 11.7 Å². The fraction of sp³-hybridized carbons (Fsp3) is 0.188. The molecule has 0 aliphatic carbocycles. The predicted octanol–water partition coefficient (Wildman–Crippen LogP) is 5.02. The predicted molar refractivity (Wildman–Crippen MR) is 82.7 cm³/mol. The summed E-state index contributed by atoms with van der Waals surface area (Å²) >= 11 is 9.32. The average molecular weight is 338 g/mol. The highest BCUT2D eigenvalue weighted by atomic mass is 79.9. The monoisotopic (exact) mass is 336 g/mol. The third-order valence-electron chi connectivity index (χ3n) is 3.09. The van der Waals surface area contributed by atoms with Crippen LogP contribution in [-0.4, -0.2) is 5.78 Å². The number of carbonyl (C=O) groups excluding carboxylic acids is 1. The molecule has 2 aromatic rings. The number of rotatable bonds is 4. The molecule has 0 radical (unpaired) electrons. The molecule has 0 saturated heterocycles. The molecule has 0 N–H and O–H groups in total. The maximum Gasteiger partial charge on any atom is 0.137 e. The van der Waals surface area contributed by atoms with Crippen molar-refractivity contribution in [1.29, 1.82) is 0 Å². The second-order valence-electron chi connectivity index (χ2n) is 4.55. The van der Waals surface area contributed by atoms with Crippen LogP contribution in [0.3, 0.4) is 0 Å². The molecule has 3 heteroatoms. The number of hydrogen-bond donors (Lipinski definition) is 0. The topological polar surface area (TPSA) is 17.1 Å². The molecule has 0 aromatic heterocycles. The maximum absolute atomic E-state index is 11.9. The van der Waals surface area contributed by atoms with Crippen molar-refractivity contribution in [2.45, 2.75) is 19.3 Å². The Morgan fingerprint density at radius 1 is 1.21 bits per heavy atom. The lowest BCUT2D eigenvalue weighted by Crippen LogP contribution is -2.12. The van der Waals surface area contributed by atoms with Gasteiger partial charge in [0.1, 0.15) is 5.78 Å². The van der Waals surface area contributed by atoms with Gasteiger partial charge in [0.05, 0.1) is 0 Å². The van der Waals surface area contributed by atoms with E-state index in [0.717, 1.165) is 15.6 Å². The van der Waals surface area contributed by atoms with Crippen LogP contribution in [0.15, 0.2) is 53.0 Å². The Hall–Kier alpha value is -1.12. The minimum Gasteiger partial charge on any atom is -0.299 e. The van der Waals surface area contributed by atoms with Crippen LogP contribution in [0.25, 0.3) is 0 Å². The first kappa shape index (κ1) is 14.3. The summed E-state index contributed by atoms with van der Waals surface area (Å²) < 4.78 is 0.993. The summed E-state index contributed by atoms with van der Waals surface area (Å²) in [6.45, 7) is 1.64. The number of halogens is 2. The Morgan fingerprint density at radius 2 is 1.89 bits per heavy atom. The lowest BCUT2D eigenvalue weighted by atomic mass is 9.89. The molecule has 0 heterocycles. The van der Waals surface area contributed by atoms with Crippen LogP contribution in [0.1, 0.15) is 24.0 Å². The van der Waals surface area contributed by atoms with Crippen molar-refractivity contribution in [3.05, 3.63) is 69.2 Å². The fourth-order valence-electron chi connectivity index (χ4n) is 2.08. The van der Waals surface area contributed by atoms with E-state index >= 15 is 0 Å². The zero-order valence-corrected chi connectivity index (χ0v) is 12.9. The zero-order valence-electron chi connectivity index (χ0n) is 10.6.